The largest absolute Gasteiger partial charge is 0.339 e. The van der Waals surface area contributed by atoms with Crippen molar-refractivity contribution in [1.29, 1.82) is 0 Å². The molecule has 1 aromatic rings. The van der Waals surface area contributed by atoms with Crippen LogP contribution >= 0.6 is 11.6 Å². The molecule has 1 aromatic carbocycles. The predicted molar refractivity (Wildman–Crippen MR) is 58.6 cm³/mol. The molecule has 0 aromatic heterocycles. The van der Waals surface area contributed by atoms with Crippen LogP contribution in [0, 0.1) is 0 Å². The summed E-state index contributed by atoms with van der Waals surface area (Å²) in [6.45, 7) is 4.78. The van der Waals surface area contributed by atoms with E-state index in [1.165, 1.54) is 5.56 Å². The SMILES string of the molecule is CC(C)c1ccc(CNC(=O)Cl)cc1. The molecule has 0 unspecified atom stereocenters. The molecule has 0 atom stereocenters. The number of nitrogens with one attached hydrogen (secondary N) is 1. The number of benzene rings is 1. The van der Waals surface area contributed by atoms with Crippen LogP contribution in [0.1, 0.15) is 30.9 Å². The topological polar surface area (TPSA) is 29.1 Å². The van der Waals surface area contributed by atoms with Crippen LogP contribution in [0.3, 0.4) is 0 Å². The Kier molecular flexibility index (Phi) is 3.96. The fraction of sp³-hybridized carbons (Fsp3) is 0.364. The van der Waals surface area contributed by atoms with E-state index in [0.29, 0.717) is 12.5 Å². The molecule has 76 valence electrons. The van der Waals surface area contributed by atoms with Crippen LogP contribution in [0.4, 0.5) is 4.79 Å². The van der Waals surface area contributed by atoms with Gasteiger partial charge in [0.15, 0.2) is 0 Å². The normalized spacial score (nSPS) is 10.3. The van der Waals surface area contributed by atoms with Crippen molar-refractivity contribution in [3.8, 4) is 0 Å². The number of hydrogen-bond acceptors (Lipinski definition) is 1. The lowest BCUT2D eigenvalue weighted by Crippen LogP contribution is -2.15. The molecule has 1 rings (SSSR count). The minimum atomic E-state index is -0.516. The van der Waals surface area contributed by atoms with E-state index in [2.05, 4.69) is 31.3 Å². The third-order valence-electron chi connectivity index (χ3n) is 2.08. The zero-order valence-electron chi connectivity index (χ0n) is 8.38. The Balaban J connectivity index is 2.59. The zero-order chi connectivity index (χ0) is 10.6. The standard InChI is InChI=1S/C11H14ClNO/c1-8(2)10-5-3-9(4-6-10)7-13-11(12)14/h3-6,8H,7H2,1-2H3,(H,13,14). The summed E-state index contributed by atoms with van der Waals surface area (Å²) < 4.78 is 0. The molecular weight excluding hydrogens is 198 g/mol. The Morgan fingerprint density at radius 1 is 1.36 bits per heavy atom. The number of amides is 1. The lowest BCUT2D eigenvalue weighted by Gasteiger charge is -2.06. The van der Waals surface area contributed by atoms with E-state index in [9.17, 15) is 4.79 Å². The van der Waals surface area contributed by atoms with Gasteiger partial charge < -0.3 is 5.32 Å². The fourth-order valence-corrected chi connectivity index (χ4v) is 1.26. The smallest absolute Gasteiger partial charge is 0.314 e. The minimum Gasteiger partial charge on any atom is -0.339 e. The van der Waals surface area contributed by atoms with Gasteiger partial charge in [-0.2, -0.15) is 0 Å². The van der Waals surface area contributed by atoms with Gasteiger partial charge in [0.1, 0.15) is 0 Å². The maximum Gasteiger partial charge on any atom is 0.314 e. The van der Waals surface area contributed by atoms with Gasteiger partial charge in [-0.15, -0.1) is 0 Å². The van der Waals surface area contributed by atoms with Crippen molar-refractivity contribution in [3.63, 3.8) is 0 Å². The van der Waals surface area contributed by atoms with E-state index in [4.69, 9.17) is 11.6 Å². The molecule has 0 saturated carbocycles. The average molecular weight is 212 g/mol. The van der Waals surface area contributed by atoms with Gasteiger partial charge in [-0.3, -0.25) is 4.79 Å². The molecular formula is C11H14ClNO. The van der Waals surface area contributed by atoms with Crippen molar-refractivity contribution in [1.82, 2.24) is 5.32 Å². The monoisotopic (exact) mass is 211 g/mol. The maximum atomic E-state index is 10.4. The molecule has 1 amide bonds. The summed E-state index contributed by atoms with van der Waals surface area (Å²) in [7, 11) is 0. The summed E-state index contributed by atoms with van der Waals surface area (Å²) in [5.41, 5.74) is 2.36. The molecule has 3 heteroatoms. The van der Waals surface area contributed by atoms with Crippen LogP contribution < -0.4 is 5.32 Å². The molecule has 2 nitrogen and oxygen atoms in total. The van der Waals surface area contributed by atoms with Gasteiger partial charge in [0, 0.05) is 6.54 Å². The Bertz CT molecular complexity index is 306. The van der Waals surface area contributed by atoms with Crippen LogP contribution in [0.2, 0.25) is 0 Å². The predicted octanol–water partition coefficient (Wildman–Crippen LogP) is 3.26. The van der Waals surface area contributed by atoms with Gasteiger partial charge in [0.2, 0.25) is 0 Å². The molecule has 0 saturated heterocycles. The van der Waals surface area contributed by atoms with Crippen LogP contribution in [0.15, 0.2) is 24.3 Å². The number of rotatable bonds is 3. The summed E-state index contributed by atoms with van der Waals surface area (Å²) >= 11 is 5.16. The molecule has 0 heterocycles. The Morgan fingerprint density at radius 2 is 1.93 bits per heavy atom. The molecule has 0 radical (unpaired) electrons. The first-order valence-electron chi connectivity index (χ1n) is 4.61. The van der Waals surface area contributed by atoms with Crippen molar-refractivity contribution < 1.29 is 4.79 Å². The molecule has 1 N–H and O–H groups in total. The van der Waals surface area contributed by atoms with Gasteiger partial charge >= 0.3 is 5.37 Å². The quantitative estimate of drug-likeness (QED) is 0.604. The summed E-state index contributed by atoms with van der Waals surface area (Å²) in [6, 6.07) is 8.14. The average Bonchev–Trinajstić information content (AvgIpc) is 2.15. The first-order chi connectivity index (χ1) is 6.59. The van der Waals surface area contributed by atoms with Gasteiger partial charge in [0.05, 0.1) is 0 Å². The second-order valence-electron chi connectivity index (χ2n) is 3.52. The third kappa shape index (κ3) is 3.38. The van der Waals surface area contributed by atoms with Crippen LogP contribution in [-0.4, -0.2) is 5.37 Å². The minimum absolute atomic E-state index is 0.487. The first-order valence-corrected chi connectivity index (χ1v) is 4.99. The van der Waals surface area contributed by atoms with E-state index in [0.717, 1.165) is 5.56 Å². The van der Waals surface area contributed by atoms with Crippen LogP contribution in [-0.2, 0) is 6.54 Å². The summed E-state index contributed by atoms with van der Waals surface area (Å²) in [5.74, 6) is 0.534. The van der Waals surface area contributed by atoms with Gasteiger partial charge in [0.25, 0.3) is 0 Å². The Morgan fingerprint density at radius 3 is 2.36 bits per heavy atom. The highest BCUT2D eigenvalue weighted by Crippen LogP contribution is 2.14. The summed E-state index contributed by atoms with van der Waals surface area (Å²) in [6.07, 6.45) is 0. The lowest BCUT2D eigenvalue weighted by atomic mass is 10.0. The van der Waals surface area contributed by atoms with Gasteiger partial charge in [-0.25, -0.2) is 0 Å². The van der Waals surface area contributed by atoms with Crippen molar-refractivity contribution in [2.24, 2.45) is 0 Å². The van der Waals surface area contributed by atoms with Crippen LogP contribution in [0.5, 0.6) is 0 Å². The molecule has 0 fully saturated rings. The first kappa shape index (κ1) is 11.1. The van der Waals surface area contributed by atoms with Crippen molar-refractivity contribution in [3.05, 3.63) is 35.4 Å². The van der Waals surface area contributed by atoms with Crippen molar-refractivity contribution in [2.45, 2.75) is 26.3 Å². The van der Waals surface area contributed by atoms with E-state index in [1.54, 1.807) is 0 Å². The second kappa shape index (κ2) is 5.01. The van der Waals surface area contributed by atoms with Gasteiger partial charge in [-0.1, -0.05) is 38.1 Å². The molecule has 0 aliphatic carbocycles. The molecule has 0 spiro atoms. The fourth-order valence-electron chi connectivity index (χ4n) is 1.19. The Labute approximate surface area is 89.3 Å². The van der Waals surface area contributed by atoms with Crippen molar-refractivity contribution in [2.75, 3.05) is 0 Å². The number of carbonyl (C=O) groups excluding carboxylic acids is 1. The molecule has 0 bridgehead atoms. The highest BCUT2D eigenvalue weighted by Gasteiger charge is 1.99. The number of carbonyl (C=O) groups is 1. The van der Waals surface area contributed by atoms with Crippen LogP contribution in [0.25, 0.3) is 0 Å². The number of hydrogen-bond donors (Lipinski definition) is 1. The Hall–Kier alpha value is -1.02. The summed E-state index contributed by atoms with van der Waals surface area (Å²) in [4.78, 5) is 10.4. The molecule has 14 heavy (non-hydrogen) atoms. The van der Waals surface area contributed by atoms with E-state index in [-0.39, 0.29) is 0 Å². The highest BCUT2D eigenvalue weighted by molar-refractivity contribution is 6.62. The molecule has 0 aliphatic rings. The highest BCUT2D eigenvalue weighted by atomic mass is 35.5. The zero-order valence-corrected chi connectivity index (χ0v) is 9.14. The second-order valence-corrected chi connectivity index (χ2v) is 3.87. The summed E-state index contributed by atoms with van der Waals surface area (Å²) in [5, 5.41) is 2.02. The maximum absolute atomic E-state index is 10.4. The third-order valence-corrected chi connectivity index (χ3v) is 2.21. The van der Waals surface area contributed by atoms with E-state index >= 15 is 0 Å². The van der Waals surface area contributed by atoms with E-state index < -0.39 is 5.37 Å². The van der Waals surface area contributed by atoms with Gasteiger partial charge in [-0.05, 0) is 28.6 Å². The number of halogens is 1. The van der Waals surface area contributed by atoms with Crippen molar-refractivity contribution >= 4 is 17.0 Å². The lowest BCUT2D eigenvalue weighted by molar-refractivity contribution is 0.259. The van der Waals surface area contributed by atoms with E-state index in [1.807, 2.05) is 12.1 Å². The molecule has 0 aliphatic heterocycles.